The van der Waals surface area contributed by atoms with Gasteiger partial charge in [0.25, 0.3) is 0 Å². The van der Waals surface area contributed by atoms with E-state index in [2.05, 4.69) is 60.3 Å². The summed E-state index contributed by atoms with van der Waals surface area (Å²) in [7, 11) is 0. The summed E-state index contributed by atoms with van der Waals surface area (Å²) in [4.78, 5) is 0. The summed E-state index contributed by atoms with van der Waals surface area (Å²) < 4.78 is 0.739. The van der Waals surface area contributed by atoms with Crippen LogP contribution in [0.3, 0.4) is 0 Å². The third kappa shape index (κ3) is 10.7. The molecule has 0 aliphatic heterocycles. The summed E-state index contributed by atoms with van der Waals surface area (Å²) in [6, 6.07) is 0.167. The van der Waals surface area contributed by atoms with Gasteiger partial charge < -0.3 is 60.3 Å². The Morgan fingerprint density at radius 3 is 2.17 bits per heavy atom. The van der Waals surface area contributed by atoms with Gasteiger partial charge in [0, 0.05) is 12.6 Å². The molecule has 70 valence electrons. The van der Waals surface area contributed by atoms with Gasteiger partial charge in [-0.3, -0.25) is 0 Å². The molecule has 0 rings (SSSR count). The summed E-state index contributed by atoms with van der Waals surface area (Å²) >= 11 is 18.6. The minimum Gasteiger partial charge on any atom is -0.412 e. The molecule has 12 heavy (non-hydrogen) atoms. The third-order valence-corrected chi connectivity index (χ3v) is 1.44. The van der Waals surface area contributed by atoms with Crippen molar-refractivity contribution in [2.75, 3.05) is 6.54 Å². The Labute approximate surface area is 105 Å². The van der Waals surface area contributed by atoms with Gasteiger partial charge in [0.05, 0.1) is 0 Å². The van der Waals surface area contributed by atoms with Crippen molar-refractivity contribution in [3.05, 3.63) is 0 Å². The maximum atomic E-state index is 4.67. The van der Waals surface area contributed by atoms with Crippen LogP contribution in [0.25, 0.3) is 0 Å². The molecular weight excluding hydrogens is 272 g/mol. The minimum absolute atomic E-state index is 0. The Morgan fingerprint density at radius 1 is 1.33 bits per heavy atom. The molecule has 0 aromatic carbocycles. The molecule has 0 amide bonds. The average Bonchev–Trinajstić information content (AvgIpc) is 1.82. The molecule has 0 radical (unpaired) electrons. The van der Waals surface area contributed by atoms with Gasteiger partial charge in [-0.2, -0.15) is 0 Å². The number of hydrogen-bond donors (Lipinski definition) is 2. The Balaban J connectivity index is 0. The second-order valence-electron chi connectivity index (χ2n) is 2.00. The number of hydrogen-bond acceptors (Lipinski definition) is 4. The SMILES string of the molecule is CC(CNC(=S)[S-])NC(=S)[S-].[Fe+2]. The monoisotopic (exact) mass is 280 g/mol. The standard InChI is InChI=1S/C5H10N2S4.Fe/c1-3(7-5(10)11)2-6-4(8)9;/h3H,2H2,1H3,(H2,6,8,9)(H2,7,10,11);/q;+2/p-2. The first-order valence-corrected chi connectivity index (χ1v) is 4.58. The second-order valence-corrected chi connectivity index (χ2v) is 4.15. The quantitative estimate of drug-likeness (QED) is 0.436. The van der Waals surface area contributed by atoms with E-state index in [1.807, 2.05) is 6.92 Å². The van der Waals surface area contributed by atoms with Crippen LogP contribution in [0.1, 0.15) is 6.92 Å². The molecule has 0 saturated carbocycles. The van der Waals surface area contributed by atoms with Crippen LogP contribution in [-0.4, -0.2) is 21.2 Å². The van der Waals surface area contributed by atoms with Crippen LogP contribution in [0.2, 0.25) is 0 Å². The van der Waals surface area contributed by atoms with Crippen LogP contribution in [-0.2, 0) is 42.3 Å². The first-order valence-electron chi connectivity index (χ1n) is 2.94. The van der Waals surface area contributed by atoms with Crippen molar-refractivity contribution in [2.45, 2.75) is 13.0 Å². The van der Waals surface area contributed by atoms with E-state index < -0.39 is 0 Å². The van der Waals surface area contributed by atoms with E-state index in [-0.39, 0.29) is 23.1 Å². The molecule has 1 atom stereocenters. The Kier molecular flexibility index (Phi) is 10.6. The fourth-order valence-electron chi connectivity index (χ4n) is 0.489. The second kappa shape index (κ2) is 8.34. The summed E-state index contributed by atoms with van der Waals surface area (Å²) in [5, 5.41) is 5.70. The number of thiocarbonyl (C=S) groups is 2. The molecule has 0 heterocycles. The smallest absolute Gasteiger partial charge is 0.412 e. The van der Waals surface area contributed by atoms with E-state index in [4.69, 9.17) is 0 Å². The van der Waals surface area contributed by atoms with E-state index in [1.165, 1.54) is 0 Å². The first-order chi connectivity index (χ1) is 5.02. The fraction of sp³-hybridized carbons (Fsp3) is 0.600. The molecule has 0 aromatic heterocycles. The van der Waals surface area contributed by atoms with Gasteiger partial charge in [-0.15, -0.1) is 0 Å². The van der Waals surface area contributed by atoms with Crippen LogP contribution in [0, 0.1) is 0 Å². The number of rotatable bonds is 3. The molecule has 1 unspecified atom stereocenters. The van der Waals surface area contributed by atoms with Gasteiger partial charge in [-0.1, -0.05) is 8.64 Å². The van der Waals surface area contributed by atoms with Crippen molar-refractivity contribution in [3.63, 3.8) is 0 Å². The predicted molar refractivity (Wildman–Crippen MR) is 60.5 cm³/mol. The third-order valence-electron chi connectivity index (χ3n) is 0.917. The van der Waals surface area contributed by atoms with Crippen LogP contribution in [0.15, 0.2) is 0 Å². The van der Waals surface area contributed by atoms with Crippen molar-refractivity contribution in [2.24, 2.45) is 0 Å². The van der Waals surface area contributed by atoms with E-state index in [0.717, 1.165) is 0 Å². The molecule has 2 nitrogen and oxygen atoms in total. The normalized spacial score (nSPS) is 10.8. The molecule has 0 fully saturated rings. The van der Waals surface area contributed by atoms with Crippen molar-refractivity contribution < 1.29 is 17.1 Å². The Morgan fingerprint density at radius 2 is 1.83 bits per heavy atom. The molecule has 2 N–H and O–H groups in total. The zero-order valence-corrected chi connectivity index (χ0v) is 10.6. The fourth-order valence-corrected chi connectivity index (χ4v) is 1.06. The van der Waals surface area contributed by atoms with E-state index in [0.29, 0.717) is 15.2 Å². The molecule has 0 aromatic rings. The number of nitrogens with one attached hydrogen (secondary N) is 2. The predicted octanol–water partition coefficient (Wildman–Crippen LogP) is 0.215. The van der Waals surface area contributed by atoms with Crippen molar-refractivity contribution in [3.8, 4) is 0 Å². The van der Waals surface area contributed by atoms with Crippen molar-refractivity contribution >= 4 is 58.3 Å². The molecular formula is C5H8FeN2S4. The summed E-state index contributed by atoms with van der Waals surface area (Å²) in [6.07, 6.45) is 0. The van der Waals surface area contributed by atoms with Gasteiger partial charge in [-0.05, 0) is 6.92 Å². The van der Waals surface area contributed by atoms with Crippen LogP contribution in [0.4, 0.5) is 0 Å². The van der Waals surface area contributed by atoms with Crippen LogP contribution in [0.5, 0.6) is 0 Å². The van der Waals surface area contributed by atoms with Crippen LogP contribution >= 0.6 is 24.4 Å². The molecule has 0 aliphatic carbocycles. The van der Waals surface area contributed by atoms with E-state index in [9.17, 15) is 0 Å². The Hall–Kier alpha value is 0.739. The molecule has 0 bridgehead atoms. The Bertz CT molecular complexity index is 164. The topological polar surface area (TPSA) is 24.1 Å². The largest absolute Gasteiger partial charge is 2.00 e. The summed E-state index contributed by atoms with van der Waals surface area (Å²) in [6.45, 7) is 2.60. The van der Waals surface area contributed by atoms with E-state index in [1.54, 1.807) is 0 Å². The maximum absolute atomic E-state index is 4.67. The maximum Gasteiger partial charge on any atom is 2.00 e. The molecule has 0 aliphatic rings. The zero-order chi connectivity index (χ0) is 8.85. The summed E-state index contributed by atoms with van der Waals surface area (Å²) in [5.41, 5.74) is 0. The summed E-state index contributed by atoms with van der Waals surface area (Å²) in [5.74, 6) is 0. The molecule has 0 saturated heterocycles. The van der Waals surface area contributed by atoms with Gasteiger partial charge in [0.1, 0.15) is 0 Å². The van der Waals surface area contributed by atoms with Crippen molar-refractivity contribution in [1.29, 1.82) is 0 Å². The van der Waals surface area contributed by atoms with Crippen LogP contribution < -0.4 is 10.6 Å². The zero-order valence-electron chi connectivity index (χ0n) is 6.27. The molecule has 0 spiro atoms. The average molecular weight is 280 g/mol. The van der Waals surface area contributed by atoms with Gasteiger partial charge in [-0.25, -0.2) is 0 Å². The van der Waals surface area contributed by atoms with Gasteiger partial charge >= 0.3 is 17.1 Å². The van der Waals surface area contributed by atoms with Gasteiger partial charge in [0.2, 0.25) is 0 Å². The van der Waals surface area contributed by atoms with Crippen molar-refractivity contribution in [1.82, 2.24) is 10.6 Å². The van der Waals surface area contributed by atoms with Gasteiger partial charge in [0.15, 0.2) is 0 Å². The first kappa shape index (κ1) is 15.2. The molecule has 7 heteroatoms. The van der Waals surface area contributed by atoms with E-state index >= 15 is 0 Å². The minimum atomic E-state index is 0.